The minimum atomic E-state index is -1.14. The molecule has 6 nitrogen and oxygen atoms in total. The van der Waals surface area contributed by atoms with Gasteiger partial charge in [-0.1, -0.05) is 6.92 Å². The Balaban J connectivity index is 2.56. The summed E-state index contributed by atoms with van der Waals surface area (Å²) in [5.74, 6) is -2.17. The van der Waals surface area contributed by atoms with Crippen molar-refractivity contribution in [2.75, 3.05) is 0 Å². The first-order chi connectivity index (χ1) is 8.56. The van der Waals surface area contributed by atoms with E-state index in [0.29, 0.717) is 30.9 Å². The van der Waals surface area contributed by atoms with Gasteiger partial charge < -0.3 is 14.8 Å². The van der Waals surface area contributed by atoms with Crippen LogP contribution in [0.4, 0.5) is 0 Å². The number of hydrogen-bond acceptors (Lipinski definition) is 3. The minimum absolute atomic E-state index is 0.0921. The molecule has 1 aliphatic heterocycles. The summed E-state index contributed by atoms with van der Waals surface area (Å²) in [6.07, 6.45) is 2.75. The SMILES string of the molecule is CCCc1nc(C(=O)O)c2n1CCCC2C(=O)O. The maximum atomic E-state index is 11.2. The van der Waals surface area contributed by atoms with Crippen LogP contribution in [0.5, 0.6) is 0 Å². The van der Waals surface area contributed by atoms with Crippen molar-refractivity contribution in [3.8, 4) is 0 Å². The van der Waals surface area contributed by atoms with Crippen LogP contribution in [0.15, 0.2) is 0 Å². The zero-order chi connectivity index (χ0) is 13.3. The van der Waals surface area contributed by atoms with E-state index in [1.165, 1.54) is 0 Å². The van der Waals surface area contributed by atoms with Crippen molar-refractivity contribution in [3.05, 3.63) is 17.2 Å². The van der Waals surface area contributed by atoms with Gasteiger partial charge in [-0.2, -0.15) is 0 Å². The van der Waals surface area contributed by atoms with Gasteiger partial charge in [0.15, 0.2) is 5.69 Å². The highest BCUT2D eigenvalue weighted by Gasteiger charge is 2.34. The lowest BCUT2D eigenvalue weighted by molar-refractivity contribution is -0.139. The molecule has 0 saturated carbocycles. The van der Waals surface area contributed by atoms with Crippen LogP contribution in [-0.4, -0.2) is 31.7 Å². The number of aryl methyl sites for hydroxylation is 1. The lowest BCUT2D eigenvalue weighted by Crippen LogP contribution is -2.24. The summed E-state index contributed by atoms with van der Waals surface area (Å²) in [4.78, 5) is 26.5. The highest BCUT2D eigenvalue weighted by atomic mass is 16.4. The number of imidazole rings is 1. The summed E-state index contributed by atoms with van der Waals surface area (Å²) in [6, 6.07) is 0. The Hall–Kier alpha value is -1.85. The van der Waals surface area contributed by atoms with Crippen molar-refractivity contribution in [1.82, 2.24) is 9.55 Å². The Labute approximate surface area is 104 Å². The normalized spacial score (nSPS) is 18.4. The van der Waals surface area contributed by atoms with Crippen LogP contribution in [0.2, 0.25) is 0 Å². The van der Waals surface area contributed by atoms with E-state index in [0.717, 1.165) is 12.8 Å². The van der Waals surface area contributed by atoms with E-state index in [1.54, 1.807) is 4.57 Å². The molecule has 1 unspecified atom stereocenters. The summed E-state index contributed by atoms with van der Waals surface area (Å²) in [5.41, 5.74) is 0.273. The van der Waals surface area contributed by atoms with E-state index in [2.05, 4.69) is 4.98 Å². The summed E-state index contributed by atoms with van der Waals surface area (Å²) >= 11 is 0. The topological polar surface area (TPSA) is 92.4 Å². The van der Waals surface area contributed by atoms with Gasteiger partial charge in [0.05, 0.1) is 11.6 Å². The molecule has 0 radical (unpaired) electrons. The van der Waals surface area contributed by atoms with Crippen molar-refractivity contribution in [3.63, 3.8) is 0 Å². The first kappa shape index (κ1) is 12.6. The molecule has 2 heterocycles. The number of carbonyl (C=O) groups is 2. The Morgan fingerprint density at radius 2 is 2.17 bits per heavy atom. The summed E-state index contributed by atoms with van der Waals surface area (Å²) < 4.78 is 1.79. The second-order valence-corrected chi connectivity index (χ2v) is 4.50. The van der Waals surface area contributed by atoms with E-state index in [4.69, 9.17) is 5.11 Å². The lowest BCUT2D eigenvalue weighted by atomic mass is 9.94. The van der Waals surface area contributed by atoms with Gasteiger partial charge in [-0.25, -0.2) is 9.78 Å². The minimum Gasteiger partial charge on any atom is -0.481 e. The number of aliphatic carboxylic acids is 1. The molecule has 6 heteroatoms. The third kappa shape index (κ3) is 1.98. The van der Waals surface area contributed by atoms with Gasteiger partial charge in [-0.15, -0.1) is 0 Å². The molecule has 1 aromatic rings. The second-order valence-electron chi connectivity index (χ2n) is 4.50. The molecule has 1 atom stereocenters. The molecule has 0 spiro atoms. The highest BCUT2D eigenvalue weighted by Crippen LogP contribution is 2.31. The average Bonchev–Trinajstić information content (AvgIpc) is 2.69. The molecule has 0 bridgehead atoms. The lowest BCUT2D eigenvalue weighted by Gasteiger charge is -2.22. The number of aromatic nitrogens is 2. The number of nitrogens with zero attached hydrogens (tertiary/aromatic N) is 2. The van der Waals surface area contributed by atoms with Crippen LogP contribution in [0.25, 0.3) is 0 Å². The molecule has 1 aliphatic rings. The number of hydrogen-bond donors (Lipinski definition) is 2. The molecule has 18 heavy (non-hydrogen) atoms. The van der Waals surface area contributed by atoms with Crippen LogP contribution in [0, 0.1) is 0 Å². The number of carboxylic acids is 2. The highest BCUT2D eigenvalue weighted by molar-refractivity contribution is 5.89. The van der Waals surface area contributed by atoms with Crippen LogP contribution in [-0.2, 0) is 17.8 Å². The molecule has 98 valence electrons. The first-order valence-electron chi connectivity index (χ1n) is 6.11. The number of carboxylic acid groups (broad SMARTS) is 2. The Kier molecular flexibility index (Phi) is 3.36. The smallest absolute Gasteiger partial charge is 0.356 e. The monoisotopic (exact) mass is 252 g/mol. The zero-order valence-corrected chi connectivity index (χ0v) is 10.2. The summed E-state index contributed by atoms with van der Waals surface area (Å²) in [7, 11) is 0. The van der Waals surface area contributed by atoms with E-state index in [9.17, 15) is 14.7 Å². The maximum absolute atomic E-state index is 11.2. The van der Waals surface area contributed by atoms with Crippen molar-refractivity contribution in [2.45, 2.75) is 45.1 Å². The molecular formula is C12H16N2O4. The fraction of sp³-hybridized carbons (Fsp3) is 0.583. The zero-order valence-electron chi connectivity index (χ0n) is 10.2. The predicted octanol–water partition coefficient (Wildman–Crippen LogP) is 1.50. The van der Waals surface area contributed by atoms with Gasteiger partial charge in [0.1, 0.15) is 5.82 Å². The summed E-state index contributed by atoms with van der Waals surface area (Å²) in [5, 5.41) is 18.3. The van der Waals surface area contributed by atoms with Gasteiger partial charge in [0, 0.05) is 13.0 Å². The van der Waals surface area contributed by atoms with E-state index >= 15 is 0 Å². The molecule has 0 fully saturated rings. The standard InChI is InChI=1S/C12H16N2O4/c1-2-4-8-13-9(12(17)18)10-7(11(15)16)5-3-6-14(8)10/h7H,2-6H2,1H3,(H,15,16)(H,17,18). The molecular weight excluding hydrogens is 236 g/mol. The molecule has 1 aromatic heterocycles. The molecule has 0 aliphatic carbocycles. The number of aromatic carboxylic acids is 1. The molecule has 0 aromatic carbocycles. The number of rotatable bonds is 4. The van der Waals surface area contributed by atoms with Gasteiger partial charge in [0.2, 0.25) is 0 Å². The molecule has 0 saturated heterocycles. The fourth-order valence-corrected chi connectivity index (χ4v) is 2.52. The number of fused-ring (bicyclic) bond motifs is 1. The maximum Gasteiger partial charge on any atom is 0.356 e. The first-order valence-corrected chi connectivity index (χ1v) is 6.11. The van der Waals surface area contributed by atoms with Crippen LogP contribution >= 0.6 is 0 Å². The Bertz CT molecular complexity index is 493. The second kappa shape index (κ2) is 4.80. The van der Waals surface area contributed by atoms with Crippen LogP contribution in [0.3, 0.4) is 0 Å². The van der Waals surface area contributed by atoms with Crippen LogP contribution < -0.4 is 0 Å². The van der Waals surface area contributed by atoms with Crippen LogP contribution in [0.1, 0.15) is 54.1 Å². The van der Waals surface area contributed by atoms with E-state index in [-0.39, 0.29) is 5.69 Å². The van der Waals surface area contributed by atoms with E-state index in [1.807, 2.05) is 6.92 Å². The molecule has 2 N–H and O–H groups in total. The van der Waals surface area contributed by atoms with Gasteiger partial charge in [-0.3, -0.25) is 4.79 Å². The van der Waals surface area contributed by atoms with Gasteiger partial charge in [-0.05, 0) is 19.3 Å². The quantitative estimate of drug-likeness (QED) is 0.847. The Morgan fingerprint density at radius 1 is 1.44 bits per heavy atom. The molecule has 2 rings (SSSR count). The largest absolute Gasteiger partial charge is 0.481 e. The van der Waals surface area contributed by atoms with Crippen molar-refractivity contribution in [2.24, 2.45) is 0 Å². The predicted molar refractivity (Wildman–Crippen MR) is 62.8 cm³/mol. The molecule has 0 amide bonds. The van der Waals surface area contributed by atoms with Crippen molar-refractivity contribution in [1.29, 1.82) is 0 Å². The van der Waals surface area contributed by atoms with E-state index < -0.39 is 17.9 Å². The van der Waals surface area contributed by atoms with Gasteiger partial charge >= 0.3 is 11.9 Å². The van der Waals surface area contributed by atoms with Gasteiger partial charge in [0.25, 0.3) is 0 Å². The fourth-order valence-electron chi connectivity index (χ4n) is 2.52. The average molecular weight is 252 g/mol. The Morgan fingerprint density at radius 3 is 2.72 bits per heavy atom. The third-order valence-electron chi connectivity index (χ3n) is 3.26. The third-order valence-corrected chi connectivity index (χ3v) is 3.26. The van der Waals surface area contributed by atoms with Crippen molar-refractivity contribution < 1.29 is 19.8 Å². The van der Waals surface area contributed by atoms with Crippen molar-refractivity contribution >= 4 is 11.9 Å². The summed E-state index contributed by atoms with van der Waals surface area (Å²) in [6.45, 7) is 2.65.